The minimum Gasteiger partial charge on any atom is -0.369 e. The summed E-state index contributed by atoms with van der Waals surface area (Å²) in [5, 5.41) is 0. The van der Waals surface area contributed by atoms with Crippen LogP contribution in [0.15, 0.2) is 65.5 Å². The summed E-state index contributed by atoms with van der Waals surface area (Å²) in [5.41, 5.74) is 6.09. The molecule has 2 aromatic carbocycles. The third-order valence-corrected chi connectivity index (χ3v) is 5.36. The maximum Gasteiger partial charge on any atom is 0.416 e. The van der Waals surface area contributed by atoms with Gasteiger partial charge in [0.15, 0.2) is 0 Å². The highest BCUT2D eigenvalue weighted by molar-refractivity contribution is 5.35. The Morgan fingerprint density at radius 3 is 2.16 bits per heavy atom. The Labute approximate surface area is 179 Å². The lowest BCUT2D eigenvalue weighted by Crippen LogP contribution is -2.23. The number of hydrogen-bond donors (Lipinski definition) is 2. The Balaban J connectivity index is 0.000000391. The molecule has 4 rings (SSSR count). The zero-order valence-corrected chi connectivity index (χ0v) is 17.2. The Morgan fingerprint density at radius 2 is 1.58 bits per heavy atom. The summed E-state index contributed by atoms with van der Waals surface area (Å²) >= 11 is 0. The molecule has 31 heavy (non-hydrogen) atoms. The molecule has 7 heteroatoms. The van der Waals surface area contributed by atoms with Crippen molar-refractivity contribution in [1.82, 2.24) is 9.97 Å². The monoisotopic (exact) mass is 429 g/mol. The Kier molecular flexibility index (Phi) is 7.50. The van der Waals surface area contributed by atoms with Gasteiger partial charge in [0.2, 0.25) is 5.95 Å². The molecule has 1 aromatic heterocycles. The standard InChI is InChI=1S/C18H20F3N3O.C6H6/c19-18(20,21)13-8-4-5-11(9-13)10-14-15(12-6-2-1-3-7-12)23-17(22)24-16(14)25;1-2-4-6-5-3-1/h4-5,8-9,12H,1-3,6-7,10H2,(H3,22,23,24,25);1-6H. The predicted molar refractivity (Wildman–Crippen MR) is 116 cm³/mol. The van der Waals surface area contributed by atoms with Crippen LogP contribution in [0.1, 0.15) is 60.4 Å². The maximum atomic E-state index is 12.9. The third kappa shape index (κ3) is 6.44. The van der Waals surface area contributed by atoms with Gasteiger partial charge in [-0.15, -0.1) is 0 Å². The number of nitrogens with one attached hydrogen (secondary N) is 1. The molecule has 164 valence electrons. The highest BCUT2D eigenvalue weighted by Gasteiger charge is 2.30. The van der Waals surface area contributed by atoms with Crippen molar-refractivity contribution >= 4 is 5.95 Å². The minimum absolute atomic E-state index is 0.0540. The largest absolute Gasteiger partial charge is 0.416 e. The molecular weight excluding hydrogens is 403 g/mol. The molecule has 3 aromatic rings. The van der Waals surface area contributed by atoms with Crippen LogP contribution >= 0.6 is 0 Å². The van der Waals surface area contributed by atoms with Crippen LogP contribution in [-0.2, 0) is 12.6 Å². The summed E-state index contributed by atoms with van der Waals surface area (Å²) in [4.78, 5) is 19.2. The first kappa shape index (κ1) is 22.6. The lowest BCUT2D eigenvalue weighted by atomic mass is 9.84. The molecular formula is C24H26F3N3O. The summed E-state index contributed by atoms with van der Waals surface area (Å²) in [6, 6.07) is 17.1. The van der Waals surface area contributed by atoms with Gasteiger partial charge in [0.1, 0.15) is 0 Å². The second-order valence-corrected chi connectivity index (χ2v) is 7.68. The summed E-state index contributed by atoms with van der Waals surface area (Å²) in [6.07, 6.45) is 0.811. The number of anilines is 1. The number of aromatic nitrogens is 2. The van der Waals surface area contributed by atoms with E-state index in [1.165, 1.54) is 6.07 Å². The molecule has 0 bridgehead atoms. The van der Waals surface area contributed by atoms with E-state index in [0.717, 1.165) is 44.2 Å². The first-order valence-corrected chi connectivity index (χ1v) is 10.4. The van der Waals surface area contributed by atoms with Gasteiger partial charge in [-0.25, -0.2) is 4.98 Å². The van der Waals surface area contributed by atoms with Gasteiger partial charge in [-0.3, -0.25) is 9.78 Å². The van der Waals surface area contributed by atoms with E-state index in [-0.39, 0.29) is 23.8 Å². The number of nitrogen functional groups attached to an aromatic ring is 1. The molecule has 0 radical (unpaired) electrons. The maximum absolute atomic E-state index is 12.9. The number of rotatable bonds is 3. The normalized spacial score (nSPS) is 14.5. The van der Waals surface area contributed by atoms with E-state index >= 15 is 0 Å². The first-order valence-electron chi connectivity index (χ1n) is 10.4. The van der Waals surface area contributed by atoms with E-state index < -0.39 is 11.7 Å². The van der Waals surface area contributed by atoms with Crippen molar-refractivity contribution in [2.24, 2.45) is 0 Å². The van der Waals surface area contributed by atoms with Gasteiger partial charge in [0.05, 0.1) is 11.3 Å². The number of hydrogen-bond acceptors (Lipinski definition) is 3. The lowest BCUT2D eigenvalue weighted by Gasteiger charge is -2.23. The van der Waals surface area contributed by atoms with Gasteiger partial charge in [-0.1, -0.05) is 73.9 Å². The van der Waals surface area contributed by atoms with Crippen LogP contribution in [0, 0.1) is 0 Å². The van der Waals surface area contributed by atoms with Gasteiger partial charge in [0, 0.05) is 17.9 Å². The molecule has 1 aliphatic rings. The highest BCUT2D eigenvalue weighted by atomic mass is 19.4. The van der Waals surface area contributed by atoms with Crippen LogP contribution in [-0.4, -0.2) is 9.97 Å². The van der Waals surface area contributed by atoms with Gasteiger partial charge in [-0.2, -0.15) is 13.2 Å². The van der Waals surface area contributed by atoms with Gasteiger partial charge in [-0.05, 0) is 24.5 Å². The second-order valence-electron chi connectivity index (χ2n) is 7.68. The van der Waals surface area contributed by atoms with Crippen molar-refractivity contribution in [3.05, 3.63) is 93.4 Å². The summed E-state index contributed by atoms with van der Waals surface area (Å²) in [6.45, 7) is 0. The zero-order valence-electron chi connectivity index (χ0n) is 17.2. The SMILES string of the molecule is Nc1nc(C2CCCCC2)c(Cc2cccc(C(F)(F)F)c2)c(=O)[nH]1.c1ccccc1. The fourth-order valence-corrected chi connectivity index (χ4v) is 3.86. The van der Waals surface area contributed by atoms with Crippen LogP contribution in [0.3, 0.4) is 0 Å². The predicted octanol–water partition coefficient (Wildman–Crippen LogP) is 5.70. The van der Waals surface area contributed by atoms with E-state index in [9.17, 15) is 18.0 Å². The van der Waals surface area contributed by atoms with E-state index in [4.69, 9.17) is 5.73 Å². The molecule has 0 saturated heterocycles. The van der Waals surface area contributed by atoms with Crippen molar-refractivity contribution in [2.75, 3.05) is 5.73 Å². The number of benzene rings is 2. The van der Waals surface area contributed by atoms with Crippen molar-refractivity contribution < 1.29 is 13.2 Å². The first-order chi connectivity index (χ1) is 14.8. The average molecular weight is 429 g/mol. The van der Waals surface area contributed by atoms with Gasteiger partial charge < -0.3 is 5.73 Å². The van der Waals surface area contributed by atoms with E-state index in [2.05, 4.69) is 9.97 Å². The molecule has 0 amide bonds. The van der Waals surface area contributed by atoms with Crippen LogP contribution in [0.2, 0.25) is 0 Å². The van der Waals surface area contributed by atoms with Gasteiger partial charge in [0.25, 0.3) is 5.56 Å². The fourth-order valence-electron chi connectivity index (χ4n) is 3.86. The Hall–Kier alpha value is -3.09. The number of nitrogens with zero attached hydrogens (tertiary/aromatic N) is 1. The van der Waals surface area contributed by atoms with Gasteiger partial charge >= 0.3 is 6.18 Å². The molecule has 1 heterocycles. The topological polar surface area (TPSA) is 71.8 Å². The van der Waals surface area contributed by atoms with Crippen LogP contribution < -0.4 is 11.3 Å². The number of alkyl halides is 3. The van der Waals surface area contributed by atoms with E-state index in [1.807, 2.05) is 36.4 Å². The molecule has 3 N–H and O–H groups in total. The zero-order chi connectivity index (χ0) is 22.3. The quantitative estimate of drug-likeness (QED) is 0.561. The average Bonchev–Trinajstić information content (AvgIpc) is 2.77. The number of nitrogens with two attached hydrogens (primary N) is 1. The molecule has 4 nitrogen and oxygen atoms in total. The minimum atomic E-state index is -4.41. The van der Waals surface area contributed by atoms with Crippen LogP contribution in [0.25, 0.3) is 0 Å². The number of H-pyrrole nitrogens is 1. The van der Waals surface area contributed by atoms with E-state index in [0.29, 0.717) is 16.8 Å². The van der Waals surface area contributed by atoms with Crippen molar-refractivity contribution in [2.45, 2.75) is 50.6 Å². The molecule has 1 fully saturated rings. The molecule has 0 aliphatic heterocycles. The summed E-state index contributed by atoms with van der Waals surface area (Å²) in [7, 11) is 0. The van der Waals surface area contributed by atoms with Crippen molar-refractivity contribution in [3.63, 3.8) is 0 Å². The number of halogens is 3. The molecule has 1 saturated carbocycles. The van der Waals surface area contributed by atoms with Crippen LogP contribution in [0.4, 0.5) is 19.1 Å². The molecule has 0 atom stereocenters. The van der Waals surface area contributed by atoms with E-state index in [1.54, 1.807) is 6.07 Å². The summed E-state index contributed by atoms with van der Waals surface area (Å²) in [5.74, 6) is 0.192. The van der Waals surface area contributed by atoms with Crippen molar-refractivity contribution in [1.29, 1.82) is 0 Å². The molecule has 1 aliphatic carbocycles. The van der Waals surface area contributed by atoms with Crippen LogP contribution in [0.5, 0.6) is 0 Å². The Bertz CT molecular complexity index is 1000. The summed E-state index contributed by atoms with van der Waals surface area (Å²) < 4.78 is 38.7. The number of aromatic amines is 1. The third-order valence-electron chi connectivity index (χ3n) is 5.36. The Morgan fingerprint density at radius 1 is 0.968 bits per heavy atom. The fraction of sp³-hybridized carbons (Fsp3) is 0.333. The van der Waals surface area contributed by atoms with Crippen molar-refractivity contribution in [3.8, 4) is 0 Å². The second kappa shape index (κ2) is 10.3. The lowest BCUT2D eigenvalue weighted by molar-refractivity contribution is -0.137. The smallest absolute Gasteiger partial charge is 0.369 e. The highest BCUT2D eigenvalue weighted by Crippen LogP contribution is 2.34. The molecule has 0 spiro atoms. The molecule has 0 unspecified atom stereocenters.